The van der Waals surface area contributed by atoms with Gasteiger partial charge in [-0.15, -0.1) is 0 Å². The van der Waals surface area contributed by atoms with E-state index in [1.807, 2.05) is 20.8 Å². The van der Waals surface area contributed by atoms with Crippen LogP contribution in [0.5, 0.6) is 0 Å². The summed E-state index contributed by atoms with van der Waals surface area (Å²) in [6.45, 7) is 10.6. The minimum Gasteiger partial charge on any atom is -0.465 e. The van der Waals surface area contributed by atoms with Gasteiger partial charge in [-0.2, -0.15) is 0 Å². The van der Waals surface area contributed by atoms with Crippen molar-refractivity contribution >= 4 is 5.97 Å². The van der Waals surface area contributed by atoms with E-state index >= 15 is 0 Å². The predicted octanol–water partition coefficient (Wildman–Crippen LogP) is 2.34. The molecule has 0 saturated carbocycles. The molecule has 3 nitrogen and oxygen atoms in total. The molecule has 0 amide bonds. The third-order valence-corrected chi connectivity index (χ3v) is 2.36. The summed E-state index contributed by atoms with van der Waals surface area (Å²) in [5, 5.41) is 0. The molecule has 0 aliphatic rings. The highest BCUT2D eigenvalue weighted by molar-refractivity contribution is 5.76. The molecule has 0 rings (SSSR count). The lowest BCUT2D eigenvalue weighted by molar-refractivity contribution is -0.148. The first kappa shape index (κ1) is 14.4. The minimum absolute atomic E-state index is 0.227. The normalized spacial score (nSPS) is 14.1. The van der Waals surface area contributed by atoms with Gasteiger partial charge in [0.05, 0.1) is 6.61 Å². The van der Waals surface area contributed by atoms with Crippen molar-refractivity contribution in [1.82, 2.24) is 0 Å². The van der Waals surface area contributed by atoms with Crippen LogP contribution in [-0.4, -0.2) is 18.6 Å². The van der Waals surface area contributed by atoms with Crippen LogP contribution >= 0.6 is 0 Å². The molecule has 1 atom stereocenters. The largest absolute Gasteiger partial charge is 0.465 e. The van der Waals surface area contributed by atoms with Crippen LogP contribution < -0.4 is 5.73 Å². The summed E-state index contributed by atoms with van der Waals surface area (Å²) in [7, 11) is 0. The summed E-state index contributed by atoms with van der Waals surface area (Å²) in [5.41, 5.74) is 5.53. The van der Waals surface area contributed by atoms with Gasteiger partial charge < -0.3 is 10.5 Å². The van der Waals surface area contributed by atoms with Crippen LogP contribution in [0.15, 0.2) is 0 Å². The molecule has 15 heavy (non-hydrogen) atoms. The number of rotatable bonds is 5. The van der Waals surface area contributed by atoms with Gasteiger partial charge in [0.1, 0.15) is 6.04 Å². The number of hydrogen-bond acceptors (Lipinski definition) is 3. The maximum atomic E-state index is 11.5. The van der Waals surface area contributed by atoms with Crippen molar-refractivity contribution in [3.8, 4) is 0 Å². The number of esters is 1. The van der Waals surface area contributed by atoms with Gasteiger partial charge >= 0.3 is 5.97 Å². The maximum Gasteiger partial charge on any atom is 0.323 e. The van der Waals surface area contributed by atoms with Gasteiger partial charge in [-0.1, -0.05) is 34.6 Å². The molecule has 1 unspecified atom stereocenters. The van der Waals surface area contributed by atoms with E-state index in [2.05, 4.69) is 13.8 Å². The molecule has 0 fully saturated rings. The number of hydrogen-bond donors (Lipinski definition) is 1. The van der Waals surface area contributed by atoms with Crippen LogP contribution in [0.2, 0.25) is 0 Å². The molecular formula is C12H25NO2. The van der Waals surface area contributed by atoms with Crippen molar-refractivity contribution < 1.29 is 9.53 Å². The van der Waals surface area contributed by atoms with E-state index in [1.165, 1.54) is 0 Å². The molecule has 0 spiro atoms. The number of nitrogens with two attached hydrogens (primary N) is 1. The van der Waals surface area contributed by atoms with Crippen molar-refractivity contribution in [2.24, 2.45) is 17.1 Å². The Morgan fingerprint density at radius 3 is 2.27 bits per heavy atom. The lowest BCUT2D eigenvalue weighted by Crippen LogP contribution is -2.43. The molecule has 0 radical (unpaired) electrons. The molecular weight excluding hydrogens is 190 g/mol. The summed E-state index contributed by atoms with van der Waals surface area (Å²) in [6.07, 6.45) is 2.00. The highest BCUT2D eigenvalue weighted by Crippen LogP contribution is 2.18. The number of ether oxygens (including phenoxy) is 1. The molecule has 90 valence electrons. The van der Waals surface area contributed by atoms with E-state index in [0.29, 0.717) is 12.5 Å². The van der Waals surface area contributed by atoms with Crippen molar-refractivity contribution in [1.29, 1.82) is 0 Å². The summed E-state index contributed by atoms with van der Waals surface area (Å²) in [4.78, 5) is 11.5. The Balaban J connectivity index is 3.75. The fraction of sp³-hybridized carbons (Fsp3) is 0.917. The van der Waals surface area contributed by atoms with Gasteiger partial charge in [-0.3, -0.25) is 4.79 Å². The molecule has 0 aromatic rings. The third kappa shape index (κ3) is 6.50. The predicted molar refractivity (Wildman–Crippen MR) is 62.5 cm³/mol. The van der Waals surface area contributed by atoms with Crippen LogP contribution in [0.3, 0.4) is 0 Å². The third-order valence-electron chi connectivity index (χ3n) is 2.36. The van der Waals surface area contributed by atoms with Gasteiger partial charge in [0, 0.05) is 0 Å². The zero-order valence-corrected chi connectivity index (χ0v) is 10.7. The lowest BCUT2D eigenvalue weighted by Gasteiger charge is -2.24. The Labute approximate surface area is 93.4 Å². The molecule has 0 aromatic carbocycles. The minimum atomic E-state index is -0.531. The van der Waals surface area contributed by atoms with E-state index in [-0.39, 0.29) is 11.4 Å². The second-order valence-electron chi connectivity index (χ2n) is 5.55. The second-order valence-corrected chi connectivity index (χ2v) is 5.55. The molecule has 2 N–H and O–H groups in total. The topological polar surface area (TPSA) is 52.3 Å². The zero-order valence-electron chi connectivity index (χ0n) is 10.7. The van der Waals surface area contributed by atoms with Gasteiger partial charge in [0.25, 0.3) is 0 Å². The molecule has 0 aromatic heterocycles. The van der Waals surface area contributed by atoms with Crippen LogP contribution in [0.1, 0.15) is 47.5 Å². The van der Waals surface area contributed by atoms with Crippen molar-refractivity contribution in [2.45, 2.75) is 53.5 Å². The van der Waals surface area contributed by atoms with E-state index in [0.717, 1.165) is 12.8 Å². The molecule has 0 heterocycles. The summed E-state index contributed by atoms with van der Waals surface area (Å²) < 4.78 is 5.12. The molecule has 0 aliphatic carbocycles. The fourth-order valence-electron chi connectivity index (χ4n) is 1.11. The highest BCUT2D eigenvalue weighted by Gasteiger charge is 2.28. The number of carbonyl (C=O) groups is 1. The molecule has 0 bridgehead atoms. The lowest BCUT2D eigenvalue weighted by atomic mass is 9.87. The van der Waals surface area contributed by atoms with E-state index in [4.69, 9.17) is 10.5 Å². The molecule has 0 aliphatic heterocycles. The monoisotopic (exact) mass is 215 g/mol. The SMILES string of the molecule is CC(C)CCCOC(=O)C(N)C(C)(C)C. The van der Waals surface area contributed by atoms with Crippen LogP contribution in [0, 0.1) is 11.3 Å². The molecule has 0 saturated heterocycles. The van der Waals surface area contributed by atoms with Gasteiger partial charge in [0.15, 0.2) is 0 Å². The van der Waals surface area contributed by atoms with Crippen LogP contribution in [0.4, 0.5) is 0 Å². The highest BCUT2D eigenvalue weighted by atomic mass is 16.5. The van der Waals surface area contributed by atoms with Crippen LogP contribution in [0.25, 0.3) is 0 Å². The quantitative estimate of drug-likeness (QED) is 0.565. The van der Waals surface area contributed by atoms with E-state index in [9.17, 15) is 4.79 Å². The fourth-order valence-corrected chi connectivity index (χ4v) is 1.11. The van der Waals surface area contributed by atoms with Crippen molar-refractivity contribution in [3.63, 3.8) is 0 Å². The first-order valence-corrected chi connectivity index (χ1v) is 5.67. The Bertz CT molecular complexity index is 194. The first-order valence-electron chi connectivity index (χ1n) is 5.67. The standard InChI is InChI=1S/C12H25NO2/c1-9(2)7-6-8-15-11(14)10(13)12(3,4)5/h9-10H,6-8,13H2,1-5H3. The average Bonchev–Trinajstić information content (AvgIpc) is 2.09. The van der Waals surface area contributed by atoms with Gasteiger partial charge in [-0.25, -0.2) is 0 Å². The van der Waals surface area contributed by atoms with Crippen LogP contribution in [-0.2, 0) is 9.53 Å². The second kappa shape index (κ2) is 6.11. The van der Waals surface area contributed by atoms with Gasteiger partial charge in [0.2, 0.25) is 0 Å². The summed E-state index contributed by atoms with van der Waals surface area (Å²) in [5.74, 6) is 0.367. The Kier molecular flexibility index (Phi) is 5.88. The zero-order chi connectivity index (χ0) is 12.1. The summed E-state index contributed by atoms with van der Waals surface area (Å²) >= 11 is 0. The number of carbonyl (C=O) groups excluding carboxylic acids is 1. The smallest absolute Gasteiger partial charge is 0.323 e. The van der Waals surface area contributed by atoms with E-state index < -0.39 is 6.04 Å². The molecule has 3 heteroatoms. The van der Waals surface area contributed by atoms with Gasteiger partial charge in [-0.05, 0) is 24.2 Å². The van der Waals surface area contributed by atoms with Crippen molar-refractivity contribution in [3.05, 3.63) is 0 Å². The average molecular weight is 215 g/mol. The summed E-state index contributed by atoms with van der Waals surface area (Å²) in [6, 6.07) is -0.531. The maximum absolute atomic E-state index is 11.5. The Morgan fingerprint density at radius 1 is 1.33 bits per heavy atom. The first-order chi connectivity index (χ1) is 6.75. The van der Waals surface area contributed by atoms with Crippen molar-refractivity contribution in [2.75, 3.05) is 6.61 Å². The van der Waals surface area contributed by atoms with E-state index in [1.54, 1.807) is 0 Å². The Morgan fingerprint density at radius 2 is 1.87 bits per heavy atom. The Hall–Kier alpha value is -0.570.